The molecule has 1 heterocycles. The molecule has 2 unspecified atom stereocenters. The van der Waals surface area contributed by atoms with Crippen molar-refractivity contribution in [2.75, 3.05) is 4.90 Å². The molecule has 0 aliphatic carbocycles. The Morgan fingerprint density at radius 1 is 1.16 bits per heavy atom. The Balaban J connectivity index is 1.81. The molecule has 128 valence electrons. The lowest BCUT2D eigenvalue weighted by atomic mass is 9.98. The molecule has 1 aliphatic heterocycles. The van der Waals surface area contributed by atoms with E-state index in [0.717, 1.165) is 11.3 Å². The van der Waals surface area contributed by atoms with Gasteiger partial charge in [0.2, 0.25) is 0 Å². The van der Waals surface area contributed by atoms with Crippen molar-refractivity contribution >= 4 is 34.6 Å². The SMILES string of the molecule is CC(CC(=O)c1ccccc1)C(=S)N1c2ccccc2CC1C(=O)O. The van der Waals surface area contributed by atoms with E-state index in [1.165, 1.54) is 0 Å². The van der Waals surface area contributed by atoms with Gasteiger partial charge in [0, 0.05) is 30.0 Å². The van der Waals surface area contributed by atoms with E-state index in [2.05, 4.69) is 0 Å². The summed E-state index contributed by atoms with van der Waals surface area (Å²) in [6.45, 7) is 1.88. The number of aliphatic carboxylic acids is 1. The molecule has 0 amide bonds. The Labute approximate surface area is 152 Å². The average Bonchev–Trinajstić information content (AvgIpc) is 3.01. The lowest BCUT2D eigenvalue weighted by Crippen LogP contribution is -2.44. The van der Waals surface area contributed by atoms with E-state index < -0.39 is 12.0 Å². The summed E-state index contributed by atoms with van der Waals surface area (Å²) in [7, 11) is 0. The highest BCUT2D eigenvalue weighted by molar-refractivity contribution is 7.80. The molecule has 0 aromatic heterocycles. The number of carboxylic acids is 1. The number of rotatable bonds is 5. The number of anilines is 1. The Kier molecular flexibility index (Phi) is 4.95. The van der Waals surface area contributed by atoms with E-state index >= 15 is 0 Å². The van der Waals surface area contributed by atoms with Crippen LogP contribution in [0.2, 0.25) is 0 Å². The van der Waals surface area contributed by atoms with Crippen molar-refractivity contribution in [2.24, 2.45) is 5.92 Å². The molecule has 1 N–H and O–H groups in total. The van der Waals surface area contributed by atoms with Crippen molar-refractivity contribution in [3.05, 3.63) is 65.7 Å². The van der Waals surface area contributed by atoms with Gasteiger partial charge in [-0.1, -0.05) is 67.7 Å². The normalized spacial score (nSPS) is 17.0. The van der Waals surface area contributed by atoms with Crippen LogP contribution in [0.3, 0.4) is 0 Å². The second-order valence-electron chi connectivity index (χ2n) is 6.29. The Morgan fingerprint density at radius 2 is 1.80 bits per heavy atom. The minimum atomic E-state index is -0.903. The molecule has 0 saturated carbocycles. The molecule has 0 saturated heterocycles. The third-order valence-electron chi connectivity index (χ3n) is 4.51. The van der Waals surface area contributed by atoms with Crippen molar-refractivity contribution in [1.29, 1.82) is 0 Å². The van der Waals surface area contributed by atoms with Crippen molar-refractivity contribution in [1.82, 2.24) is 0 Å². The van der Waals surface area contributed by atoms with Gasteiger partial charge in [-0.15, -0.1) is 0 Å². The fourth-order valence-electron chi connectivity index (χ4n) is 3.20. The smallest absolute Gasteiger partial charge is 0.327 e. The van der Waals surface area contributed by atoms with Gasteiger partial charge >= 0.3 is 5.97 Å². The van der Waals surface area contributed by atoms with Crippen LogP contribution < -0.4 is 4.90 Å². The first kappa shape index (κ1) is 17.3. The van der Waals surface area contributed by atoms with Gasteiger partial charge in [-0.2, -0.15) is 0 Å². The lowest BCUT2D eigenvalue weighted by Gasteiger charge is -2.28. The van der Waals surface area contributed by atoms with E-state index in [0.29, 0.717) is 17.0 Å². The van der Waals surface area contributed by atoms with Crippen molar-refractivity contribution < 1.29 is 14.7 Å². The first-order valence-corrected chi connectivity index (χ1v) is 8.62. The van der Waals surface area contributed by atoms with E-state index in [1.54, 1.807) is 17.0 Å². The maximum Gasteiger partial charge on any atom is 0.327 e. The minimum Gasteiger partial charge on any atom is -0.480 e. The summed E-state index contributed by atoms with van der Waals surface area (Å²) in [6.07, 6.45) is 0.679. The van der Waals surface area contributed by atoms with Gasteiger partial charge in [0.25, 0.3) is 0 Å². The molecule has 4 nitrogen and oxygen atoms in total. The zero-order chi connectivity index (χ0) is 18.0. The number of carbonyl (C=O) groups excluding carboxylic acids is 1. The lowest BCUT2D eigenvalue weighted by molar-refractivity contribution is -0.138. The van der Waals surface area contributed by atoms with E-state index in [-0.39, 0.29) is 18.1 Å². The topological polar surface area (TPSA) is 57.6 Å². The third kappa shape index (κ3) is 3.46. The van der Waals surface area contributed by atoms with Gasteiger partial charge in [0.15, 0.2) is 5.78 Å². The number of fused-ring (bicyclic) bond motifs is 1. The van der Waals surface area contributed by atoms with Crippen LogP contribution in [-0.2, 0) is 11.2 Å². The highest BCUT2D eigenvalue weighted by Gasteiger charge is 2.38. The summed E-state index contributed by atoms with van der Waals surface area (Å²) < 4.78 is 0. The molecule has 2 atom stereocenters. The fourth-order valence-corrected chi connectivity index (χ4v) is 3.51. The maximum absolute atomic E-state index is 12.4. The molecular weight excluding hydrogens is 334 g/mol. The number of para-hydroxylation sites is 1. The summed E-state index contributed by atoms with van der Waals surface area (Å²) >= 11 is 5.59. The van der Waals surface area contributed by atoms with Crippen LogP contribution in [0.25, 0.3) is 0 Å². The predicted octanol–water partition coefficient (Wildman–Crippen LogP) is 3.74. The van der Waals surface area contributed by atoms with Crippen LogP contribution in [0.5, 0.6) is 0 Å². The largest absolute Gasteiger partial charge is 0.480 e. The zero-order valence-electron chi connectivity index (χ0n) is 13.9. The van der Waals surface area contributed by atoms with Gasteiger partial charge in [0.05, 0.1) is 4.99 Å². The molecule has 2 aromatic rings. The van der Waals surface area contributed by atoms with Gasteiger partial charge < -0.3 is 10.0 Å². The minimum absolute atomic E-state index is 0.00908. The van der Waals surface area contributed by atoms with Crippen molar-refractivity contribution in [3.8, 4) is 0 Å². The number of ketones is 1. The highest BCUT2D eigenvalue weighted by Crippen LogP contribution is 2.34. The third-order valence-corrected chi connectivity index (χ3v) is 5.11. The summed E-state index contributed by atoms with van der Waals surface area (Å²) in [5.41, 5.74) is 2.45. The summed E-state index contributed by atoms with van der Waals surface area (Å²) in [5, 5.41) is 9.58. The molecular formula is C20H19NO3S. The monoisotopic (exact) mass is 353 g/mol. The van der Waals surface area contributed by atoms with Crippen LogP contribution in [0.15, 0.2) is 54.6 Å². The Morgan fingerprint density at radius 3 is 2.48 bits per heavy atom. The Hall–Kier alpha value is -2.53. The van der Waals surface area contributed by atoms with Crippen molar-refractivity contribution in [3.63, 3.8) is 0 Å². The van der Waals surface area contributed by atoms with Crippen LogP contribution in [0.1, 0.15) is 29.3 Å². The molecule has 0 fully saturated rings. The van der Waals surface area contributed by atoms with Crippen LogP contribution in [0, 0.1) is 5.92 Å². The number of nitrogens with zero attached hydrogens (tertiary/aromatic N) is 1. The number of benzene rings is 2. The molecule has 0 spiro atoms. The van der Waals surface area contributed by atoms with Crippen molar-refractivity contribution in [2.45, 2.75) is 25.8 Å². The zero-order valence-corrected chi connectivity index (χ0v) is 14.7. The standard InChI is InChI=1S/C20H19NO3S/c1-13(11-18(22)14-7-3-2-4-8-14)19(25)21-16-10-6-5-9-15(16)12-17(21)20(23)24/h2-10,13,17H,11-12H2,1H3,(H,23,24). The highest BCUT2D eigenvalue weighted by atomic mass is 32.1. The second kappa shape index (κ2) is 7.15. The fraction of sp³-hybridized carbons (Fsp3) is 0.250. The summed E-state index contributed by atoms with van der Waals surface area (Å²) in [6, 6.07) is 15.9. The number of carbonyl (C=O) groups is 2. The van der Waals surface area contributed by atoms with Gasteiger partial charge in [-0.3, -0.25) is 4.79 Å². The average molecular weight is 353 g/mol. The van der Waals surface area contributed by atoms with Crippen LogP contribution in [-0.4, -0.2) is 27.9 Å². The number of Topliss-reactive ketones (excluding diaryl/α,β-unsaturated/α-hetero) is 1. The first-order valence-electron chi connectivity index (χ1n) is 8.21. The van der Waals surface area contributed by atoms with Gasteiger partial charge in [-0.05, 0) is 11.6 Å². The molecule has 0 bridgehead atoms. The molecule has 5 heteroatoms. The molecule has 0 radical (unpaired) electrons. The van der Waals surface area contributed by atoms with E-state index in [4.69, 9.17) is 12.2 Å². The first-order chi connectivity index (χ1) is 12.0. The molecule has 2 aromatic carbocycles. The summed E-state index contributed by atoms with van der Waals surface area (Å²) in [5.74, 6) is -1.12. The summed E-state index contributed by atoms with van der Waals surface area (Å²) in [4.78, 5) is 26.3. The maximum atomic E-state index is 12.4. The van der Waals surface area contributed by atoms with Crippen LogP contribution in [0.4, 0.5) is 5.69 Å². The predicted molar refractivity (Wildman–Crippen MR) is 101 cm³/mol. The number of carboxylic acid groups (broad SMARTS) is 1. The molecule has 1 aliphatic rings. The van der Waals surface area contributed by atoms with E-state index in [9.17, 15) is 14.7 Å². The second-order valence-corrected chi connectivity index (χ2v) is 6.71. The Bertz CT molecular complexity index is 819. The molecule has 25 heavy (non-hydrogen) atoms. The quantitative estimate of drug-likeness (QED) is 0.655. The number of hydrogen-bond donors (Lipinski definition) is 1. The number of thiocarbonyl (C=S) groups is 1. The number of hydrogen-bond acceptors (Lipinski definition) is 3. The van der Waals surface area contributed by atoms with E-state index in [1.807, 2.05) is 49.4 Å². The van der Waals surface area contributed by atoms with Gasteiger partial charge in [0.1, 0.15) is 6.04 Å². The van der Waals surface area contributed by atoms with Crippen LogP contribution >= 0.6 is 12.2 Å². The van der Waals surface area contributed by atoms with Gasteiger partial charge in [-0.25, -0.2) is 4.79 Å². The molecule has 3 rings (SSSR count).